The predicted octanol–water partition coefficient (Wildman–Crippen LogP) is 1.05. The number of amides is 1. The quantitative estimate of drug-likeness (QED) is 0.884. The molecule has 1 amide bonds. The largest absolute Gasteiger partial charge is 0.370 e. The van der Waals surface area contributed by atoms with E-state index in [2.05, 4.69) is 43.0 Å². The van der Waals surface area contributed by atoms with E-state index in [1.165, 1.54) is 5.69 Å². The highest BCUT2D eigenvalue weighted by Gasteiger charge is 2.35. The van der Waals surface area contributed by atoms with E-state index in [1.807, 2.05) is 6.07 Å². The van der Waals surface area contributed by atoms with E-state index in [0.717, 1.165) is 24.3 Å². The molecule has 2 heterocycles. The maximum Gasteiger partial charge on any atom is 0.248 e. The molecule has 1 aromatic rings. The Balaban J connectivity index is 1.88. The second-order valence-electron chi connectivity index (χ2n) is 6.53. The third-order valence-corrected chi connectivity index (χ3v) is 4.91. The lowest BCUT2D eigenvalue weighted by molar-refractivity contribution is -0.118. The molecule has 3 rings (SSSR count). The maximum atomic E-state index is 12.0. The van der Waals surface area contributed by atoms with Gasteiger partial charge in [-0.3, -0.25) is 4.79 Å². The number of nitrogens with two attached hydrogens (primary N) is 1. The number of nitrogens with zero attached hydrogens (tertiary/aromatic N) is 3. The zero-order valence-corrected chi connectivity index (χ0v) is 13.2. The Morgan fingerprint density at radius 1 is 1.29 bits per heavy atom. The fourth-order valence-corrected chi connectivity index (χ4v) is 3.58. The lowest BCUT2D eigenvalue weighted by Gasteiger charge is -2.23. The van der Waals surface area contributed by atoms with Crippen molar-refractivity contribution in [1.29, 1.82) is 0 Å². The highest BCUT2D eigenvalue weighted by Crippen LogP contribution is 2.37. The van der Waals surface area contributed by atoms with Gasteiger partial charge in [-0.05, 0) is 32.1 Å². The van der Waals surface area contributed by atoms with Crippen LogP contribution in [-0.2, 0) is 4.79 Å². The van der Waals surface area contributed by atoms with Crippen LogP contribution in [0.2, 0.25) is 0 Å². The number of anilines is 2. The Bertz CT molecular complexity index is 571. The van der Waals surface area contributed by atoms with Gasteiger partial charge in [0.25, 0.3) is 0 Å². The van der Waals surface area contributed by atoms with E-state index in [-0.39, 0.29) is 5.91 Å². The second-order valence-corrected chi connectivity index (χ2v) is 6.53. The molecule has 1 aromatic carbocycles. The lowest BCUT2D eigenvalue weighted by Crippen LogP contribution is -2.34. The maximum absolute atomic E-state index is 12.0. The Morgan fingerprint density at radius 2 is 2.00 bits per heavy atom. The average Bonchev–Trinajstić information content (AvgIpc) is 2.94. The van der Waals surface area contributed by atoms with Gasteiger partial charge in [0.1, 0.15) is 6.04 Å². The topological polar surface area (TPSA) is 52.8 Å². The number of carbonyl (C=O) groups excluding carboxylic acids is 1. The smallest absolute Gasteiger partial charge is 0.248 e. The van der Waals surface area contributed by atoms with Crippen LogP contribution in [-0.4, -0.2) is 51.1 Å². The van der Waals surface area contributed by atoms with Gasteiger partial charge < -0.3 is 20.4 Å². The number of hydrogen-bond acceptors (Lipinski definition) is 4. The third-order valence-electron chi connectivity index (χ3n) is 4.91. The molecule has 2 N–H and O–H groups in total. The summed E-state index contributed by atoms with van der Waals surface area (Å²) in [6.07, 6.45) is 0. The number of likely N-dealkylation sites (N-methyl/N-ethyl adjacent to an activating group) is 2. The third kappa shape index (κ3) is 2.21. The second kappa shape index (κ2) is 5.00. The first-order valence-corrected chi connectivity index (χ1v) is 7.48. The van der Waals surface area contributed by atoms with Crippen molar-refractivity contribution in [2.75, 3.05) is 44.0 Å². The molecule has 0 aliphatic carbocycles. The Morgan fingerprint density at radius 3 is 2.62 bits per heavy atom. The molecule has 0 radical (unpaired) electrons. The Hall–Kier alpha value is -1.59. The van der Waals surface area contributed by atoms with Gasteiger partial charge in [-0.25, -0.2) is 0 Å². The molecule has 3 unspecified atom stereocenters. The molecule has 5 nitrogen and oxygen atoms in total. The number of rotatable bonds is 2. The van der Waals surface area contributed by atoms with Crippen molar-refractivity contribution >= 4 is 17.3 Å². The fraction of sp³-hybridized carbons (Fsp3) is 0.562. The van der Waals surface area contributed by atoms with E-state index < -0.39 is 6.04 Å². The zero-order chi connectivity index (χ0) is 15.3. The minimum absolute atomic E-state index is 0.0249. The number of carbonyl (C=O) groups is 1. The predicted molar refractivity (Wildman–Crippen MR) is 85.6 cm³/mol. The monoisotopic (exact) mass is 288 g/mol. The molecular weight excluding hydrogens is 264 g/mol. The van der Waals surface area contributed by atoms with E-state index in [4.69, 9.17) is 5.73 Å². The van der Waals surface area contributed by atoms with Crippen LogP contribution >= 0.6 is 0 Å². The highest BCUT2D eigenvalue weighted by molar-refractivity contribution is 6.04. The Kier molecular flexibility index (Phi) is 3.42. The molecule has 3 atom stereocenters. The lowest BCUT2D eigenvalue weighted by atomic mass is 10.1. The molecule has 0 aromatic heterocycles. The molecular formula is C16H24N4O. The molecule has 0 saturated carbocycles. The SMILES string of the molecule is CC1CN(c2ccc3c(c2)N(C)C(=O)C3N)CC1N(C)C. The van der Waals surface area contributed by atoms with Crippen molar-refractivity contribution < 1.29 is 4.79 Å². The molecule has 114 valence electrons. The molecule has 2 aliphatic rings. The van der Waals surface area contributed by atoms with E-state index in [1.54, 1.807) is 11.9 Å². The summed E-state index contributed by atoms with van der Waals surface area (Å²) >= 11 is 0. The summed E-state index contributed by atoms with van der Waals surface area (Å²) in [7, 11) is 6.07. The van der Waals surface area contributed by atoms with Crippen molar-refractivity contribution in [2.24, 2.45) is 11.7 Å². The molecule has 2 aliphatic heterocycles. The summed E-state index contributed by atoms with van der Waals surface area (Å²) in [5.41, 5.74) is 9.02. The van der Waals surface area contributed by atoms with Crippen LogP contribution in [0.25, 0.3) is 0 Å². The van der Waals surface area contributed by atoms with Crippen LogP contribution in [0.1, 0.15) is 18.5 Å². The molecule has 0 spiro atoms. The van der Waals surface area contributed by atoms with Gasteiger partial charge in [-0.1, -0.05) is 13.0 Å². The van der Waals surface area contributed by atoms with Crippen LogP contribution in [0.5, 0.6) is 0 Å². The van der Waals surface area contributed by atoms with Gasteiger partial charge in [0.2, 0.25) is 5.91 Å². The standard InChI is InChI=1S/C16H24N4O/c1-10-8-20(9-14(10)18(2)3)11-5-6-12-13(7-11)19(4)16(21)15(12)17/h5-7,10,14-15H,8-9,17H2,1-4H3. The van der Waals surface area contributed by atoms with Gasteiger partial charge in [0.15, 0.2) is 0 Å². The van der Waals surface area contributed by atoms with Crippen LogP contribution < -0.4 is 15.5 Å². The van der Waals surface area contributed by atoms with Gasteiger partial charge in [0.05, 0.1) is 5.69 Å². The van der Waals surface area contributed by atoms with Crippen molar-refractivity contribution in [2.45, 2.75) is 19.0 Å². The summed E-state index contributed by atoms with van der Waals surface area (Å²) < 4.78 is 0. The van der Waals surface area contributed by atoms with Crippen molar-refractivity contribution in [3.8, 4) is 0 Å². The molecule has 5 heteroatoms. The van der Waals surface area contributed by atoms with Gasteiger partial charge in [-0.2, -0.15) is 0 Å². The molecule has 1 saturated heterocycles. The molecule has 21 heavy (non-hydrogen) atoms. The average molecular weight is 288 g/mol. The van der Waals surface area contributed by atoms with Gasteiger partial charge in [0, 0.05) is 37.4 Å². The van der Waals surface area contributed by atoms with Gasteiger partial charge in [-0.15, -0.1) is 0 Å². The highest BCUT2D eigenvalue weighted by atomic mass is 16.2. The van der Waals surface area contributed by atoms with Crippen molar-refractivity contribution in [1.82, 2.24) is 4.90 Å². The summed E-state index contributed by atoms with van der Waals surface area (Å²) in [5.74, 6) is 0.609. The summed E-state index contributed by atoms with van der Waals surface area (Å²) in [6, 6.07) is 6.26. The van der Waals surface area contributed by atoms with E-state index in [0.29, 0.717) is 12.0 Å². The van der Waals surface area contributed by atoms with E-state index >= 15 is 0 Å². The number of fused-ring (bicyclic) bond motifs is 1. The first-order chi connectivity index (χ1) is 9.90. The van der Waals surface area contributed by atoms with Crippen LogP contribution in [0.15, 0.2) is 18.2 Å². The first kappa shape index (κ1) is 14.4. The molecule has 1 fully saturated rings. The zero-order valence-electron chi connectivity index (χ0n) is 13.2. The first-order valence-electron chi connectivity index (χ1n) is 7.48. The van der Waals surface area contributed by atoms with Crippen molar-refractivity contribution in [3.05, 3.63) is 23.8 Å². The van der Waals surface area contributed by atoms with Crippen LogP contribution in [0.4, 0.5) is 11.4 Å². The van der Waals surface area contributed by atoms with Crippen LogP contribution in [0, 0.1) is 5.92 Å². The Labute approximate surface area is 126 Å². The number of hydrogen-bond donors (Lipinski definition) is 1. The van der Waals surface area contributed by atoms with E-state index in [9.17, 15) is 4.79 Å². The minimum Gasteiger partial charge on any atom is -0.370 e. The number of benzene rings is 1. The van der Waals surface area contributed by atoms with Gasteiger partial charge >= 0.3 is 0 Å². The minimum atomic E-state index is -0.508. The summed E-state index contributed by atoms with van der Waals surface area (Å²) in [6.45, 7) is 4.37. The fourth-order valence-electron chi connectivity index (χ4n) is 3.58. The molecule has 0 bridgehead atoms. The van der Waals surface area contributed by atoms with Crippen LogP contribution in [0.3, 0.4) is 0 Å². The summed E-state index contributed by atoms with van der Waals surface area (Å²) in [4.78, 5) is 18.3. The normalized spacial score (nSPS) is 28.7. The summed E-state index contributed by atoms with van der Waals surface area (Å²) in [5, 5.41) is 0. The van der Waals surface area contributed by atoms with Crippen molar-refractivity contribution in [3.63, 3.8) is 0 Å².